The lowest BCUT2D eigenvalue weighted by molar-refractivity contribution is 0.643. The Hall–Kier alpha value is -0.780. The minimum Gasteiger partial charge on any atom is -0.314 e. The molecule has 1 aliphatic rings. The molecule has 1 aromatic heterocycles. The van der Waals surface area contributed by atoms with E-state index < -0.39 is 0 Å². The van der Waals surface area contributed by atoms with E-state index in [9.17, 15) is 0 Å². The van der Waals surface area contributed by atoms with Crippen molar-refractivity contribution in [2.24, 2.45) is 0 Å². The van der Waals surface area contributed by atoms with Crippen LogP contribution in [0.3, 0.4) is 0 Å². The van der Waals surface area contributed by atoms with Gasteiger partial charge in [0.05, 0.1) is 0 Å². The second-order valence-corrected chi connectivity index (χ2v) is 6.82. The minimum atomic E-state index is 0.799. The first kappa shape index (κ1) is 13.2. The summed E-state index contributed by atoms with van der Waals surface area (Å²) in [6.07, 6.45) is 4.87. The summed E-state index contributed by atoms with van der Waals surface area (Å²) in [6, 6.07) is 9.02. The van der Waals surface area contributed by atoms with Crippen molar-refractivity contribution in [3.8, 4) is 10.6 Å². The predicted molar refractivity (Wildman–Crippen MR) is 82.4 cm³/mol. The molecule has 0 aliphatic heterocycles. The van der Waals surface area contributed by atoms with Crippen LogP contribution in [-0.4, -0.2) is 22.8 Å². The van der Waals surface area contributed by atoms with Crippen LogP contribution >= 0.6 is 27.3 Å². The molecule has 2 aromatic rings. The van der Waals surface area contributed by atoms with Crippen LogP contribution in [0.25, 0.3) is 10.6 Å². The number of hydrogen-bond acceptors (Lipinski definition) is 4. The molecule has 1 aliphatic carbocycles. The van der Waals surface area contributed by atoms with Crippen molar-refractivity contribution in [3.05, 3.63) is 33.7 Å². The predicted octanol–water partition coefficient (Wildman–Crippen LogP) is 3.65. The topological polar surface area (TPSA) is 37.8 Å². The minimum absolute atomic E-state index is 0.799. The van der Waals surface area contributed by atoms with E-state index >= 15 is 0 Å². The Morgan fingerprint density at radius 3 is 2.74 bits per heavy atom. The van der Waals surface area contributed by atoms with Crippen LogP contribution in [0.1, 0.15) is 24.3 Å². The first-order valence-corrected chi connectivity index (χ1v) is 8.24. The molecule has 0 saturated heterocycles. The molecule has 1 N–H and O–H groups in total. The third kappa shape index (κ3) is 3.84. The van der Waals surface area contributed by atoms with Gasteiger partial charge in [-0.1, -0.05) is 39.4 Å². The van der Waals surface area contributed by atoms with Crippen LogP contribution in [0.4, 0.5) is 0 Å². The Morgan fingerprint density at radius 2 is 2.00 bits per heavy atom. The summed E-state index contributed by atoms with van der Waals surface area (Å²) in [5, 5.41) is 14.2. The monoisotopic (exact) mass is 337 g/mol. The zero-order valence-electron chi connectivity index (χ0n) is 10.6. The van der Waals surface area contributed by atoms with Crippen molar-refractivity contribution < 1.29 is 0 Å². The van der Waals surface area contributed by atoms with Gasteiger partial charge in [0.15, 0.2) is 0 Å². The van der Waals surface area contributed by atoms with Crippen molar-refractivity contribution in [2.45, 2.75) is 31.7 Å². The zero-order valence-corrected chi connectivity index (χ0v) is 13.0. The number of halogens is 1. The number of rotatable bonds is 6. The lowest BCUT2D eigenvalue weighted by Gasteiger charge is -1.99. The third-order valence-corrected chi connectivity index (χ3v) is 4.70. The van der Waals surface area contributed by atoms with Gasteiger partial charge in [-0.05, 0) is 37.9 Å². The number of nitrogens with zero attached hydrogens (tertiary/aromatic N) is 2. The van der Waals surface area contributed by atoms with Crippen LogP contribution in [-0.2, 0) is 6.42 Å². The number of hydrogen-bond donors (Lipinski definition) is 1. The quantitative estimate of drug-likeness (QED) is 0.817. The normalized spacial score (nSPS) is 14.8. The van der Waals surface area contributed by atoms with Gasteiger partial charge in [-0.2, -0.15) is 0 Å². The SMILES string of the molecule is Brc1ccc(-c2nnc(CCCNC3CC3)s2)cc1. The highest BCUT2D eigenvalue weighted by Crippen LogP contribution is 2.25. The molecule has 0 amide bonds. The summed E-state index contributed by atoms with van der Waals surface area (Å²) >= 11 is 5.14. The second kappa shape index (κ2) is 6.11. The third-order valence-electron chi connectivity index (χ3n) is 3.14. The van der Waals surface area contributed by atoms with Gasteiger partial charge in [-0.3, -0.25) is 0 Å². The van der Waals surface area contributed by atoms with Gasteiger partial charge in [0.1, 0.15) is 10.0 Å². The Balaban J connectivity index is 1.54. The average Bonchev–Trinajstić information content (AvgIpc) is 3.13. The molecule has 19 heavy (non-hydrogen) atoms. The lowest BCUT2D eigenvalue weighted by Crippen LogP contribution is -2.17. The van der Waals surface area contributed by atoms with Crippen LogP contribution in [0.2, 0.25) is 0 Å². The van der Waals surface area contributed by atoms with E-state index in [1.54, 1.807) is 11.3 Å². The molecule has 3 rings (SSSR count). The fraction of sp³-hybridized carbons (Fsp3) is 0.429. The van der Waals surface area contributed by atoms with E-state index in [1.807, 2.05) is 12.1 Å². The Bertz CT molecular complexity index is 534. The van der Waals surface area contributed by atoms with Gasteiger partial charge in [0.25, 0.3) is 0 Å². The average molecular weight is 338 g/mol. The van der Waals surface area contributed by atoms with Crippen molar-refractivity contribution >= 4 is 27.3 Å². The van der Waals surface area contributed by atoms with Crippen molar-refractivity contribution in [1.82, 2.24) is 15.5 Å². The van der Waals surface area contributed by atoms with Crippen LogP contribution in [0, 0.1) is 0 Å². The highest BCUT2D eigenvalue weighted by molar-refractivity contribution is 9.10. The van der Waals surface area contributed by atoms with E-state index in [2.05, 4.69) is 43.6 Å². The highest BCUT2D eigenvalue weighted by Gasteiger charge is 2.19. The molecule has 100 valence electrons. The second-order valence-electron chi connectivity index (χ2n) is 4.84. The molecule has 3 nitrogen and oxygen atoms in total. The van der Waals surface area contributed by atoms with Crippen molar-refractivity contribution in [3.63, 3.8) is 0 Å². The number of aromatic nitrogens is 2. The highest BCUT2D eigenvalue weighted by atomic mass is 79.9. The Kier molecular flexibility index (Phi) is 4.25. The molecule has 0 bridgehead atoms. The number of nitrogens with one attached hydrogen (secondary N) is 1. The molecule has 1 heterocycles. The lowest BCUT2D eigenvalue weighted by atomic mass is 10.2. The maximum Gasteiger partial charge on any atom is 0.147 e. The van der Waals surface area contributed by atoms with Gasteiger partial charge in [-0.15, -0.1) is 10.2 Å². The molecule has 0 radical (unpaired) electrons. The molecular weight excluding hydrogens is 322 g/mol. The molecule has 5 heteroatoms. The number of aryl methyl sites for hydroxylation is 1. The summed E-state index contributed by atoms with van der Waals surface area (Å²) in [4.78, 5) is 0. The van der Waals surface area contributed by atoms with E-state index in [0.717, 1.165) is 45.5 Å². The van der Waals surface area contributed by atoms with Gasteiger partial charge >= 0.3 is 0 Å². The summed E-state index contributed by atoms with van der Waals surface area (Å²) in [5.41, 5.74) is 1.14. The molecule has 0 unspecified atom stereocenters. The molecule has 0 spiro atoms. The first-order chi connectivity index (χ1) is 9.31. The fourth-order valence-electron chi connectivity index (χ4n) is 1.90. The molecular formula is C14H16BrN3S. The van der Waals surface area contributed by atoms with Gasteiger partial charge in [0, 0.05) is 22.5 Å². The van der Waals surface area contributed by atoms with Gasteiger partial charge < -0.3 is 5.32 Å². The largest absolute Gasteiger partial charge is 0.314 e. The summed E-state index contributed by atoms with van der Waals surface area (Å²) < 4.78 is 1.09. The fourth-order valence-corrected chi connectivity index (χ4v) is 3.05. The van der Waals surface area contributed by atoms with Crippen molar-refractivity contribution in [1.29, 1.82) is 0 Å². The smallest absolute Gasteiger partial charge is 0.147 e. The first-order valence-electron chi connectivity index (χ1n) is 6.63. The van der Waals surface area contributed by atoms with Gasteiger partial charge in [0.2, 0.25) is 0 Å². The maximum absolute atomic E-state index is 4.28. The van der Waals surface area contributed by atoms with Crippen LogP contribution in [0.5, 0.6) is 0 Å². The van der Waals surface area contributed by atoms with E-state index in [4.69, 9.17) is 0 Å². The number of benzene rings is 1. The molecule has 1 aromatic carbocycles. The van der Waals surface area contributed by atoms with Crippen LogP contribution in [0.15, 0.2) is 28.7 Å². The standard InChI is InChI=1S/C14H16BrN3S/c15-11-5-3-10(4-6-11)14-18-17-13(19-14)2-1-9-16-12-7-8-12/h3-6,12,16H,1-2,7-9H2. The maximum atomic E-state index is 4.28. The van der Waals surface area contributed by atoms with E-state index in [0.29, 0.717) is 0 Å². The van der Waals surface area contributed by atoms with Crippen LogP contribution < -0.4 is 5.32 Å². The summed E-state index contributed by atoms with van der Waals surface area (Å²) in [5.74, 6) is 0. The molecule has 1 fully saturated rings. The molecule has 1 saturated carbocycles. The zero-order chi connectivity index (χ0) is 13.1. The van der Waals surface area contributed by atoms with E-state index in [1.165, 1.54) is 12.8 Å². The van der Waals surface area contributed by atoms with Crippen molar-refractivity contribution in [2.75, 3.05) is 6.54 Å². The molecule has 0 atom stereocenters. The summed E-state index contributed by atoms with van der Waals surface area (Å²) in [6.45, 7) is 1.10. The Morgan fingerprint density at radius 1 is 1.21 bits per heavy atom. The summed E-state index contributed by atoms with van der Waals surface area (Å²) in [7, 11) is 0. The van der Waals surface area contributed by atoms with E-state index in [-0.39, 0.29) is 0 Å². The Labute approximate surface area is 125 Å². The van der Waals surface area contributed by atoms with Gasteiger partial charge in [-0.25, -0.2) is 0 Å².